The van der Waals surface area contributed by atoms with Gasteiger partial charge in [0.25, 0.3) is 0 Å². The molecule has 2 N–H and O–H groups in total. The molecule has 1 aromatic rings. The topological polar surface area (TPSA) is 54.4 Å². The van der Waals surface area contributed by atoms with Crippen LogP contribution in [0.25, 0.3) is 0 Å². The molecule has 0 fully saturated rings. The summed E-state index contributed by atoms with van der Waals surface area (Å²) in [5.41, 5.74) is 0.776. The van der Waals surface area contributed by atoms with Crippen molar-refractivity contribution < 1.29 is 9.84 Å². The number of aliphatic hydroxyl groups is 1. The molecule has 1 rings (SSSR count). The summed E-state index contributed by atoms with van der Waals surface area (Å²) in [7, 11) is 1.59. The van der Waals surface area contributed by atoms with Crippen LogP contribution in [0.4, 0.5) is 0 Å². The maximum Gasteiger partial charge on any atom is 0.137 e. The number of methoxy groups -OCH3 is 1. The van der Waals surface area contributed by atoms with Crippen molar-refractivity contribution in [1.82, 2.24) is 10.3 Å². The second-order valence-corrected chi connectivity index (χ2v) is 3.38. The van der Waals surface area contributed by atoms with Gasteiger partial charge in [0, 0.05) is 18.3 Å². The Morgan fingerprint density at radius 3 is 3.00 bits per heavy atom. The Balaban J connectivity index is 2.52. The zero-order chi connectivity index (χ0) is 11.1. The van der Waals surface area contributed by atoms with Crippen LogP contribution in [-0.2, 0) is 0 Å². The highest BCUT2D eigenvalue weighted by Gasteiger charge is 2.07. The second kappa shape index (κ2) is 6.37. The molecule has 15 heavy (non-hydrogen) atoms. The average Bonchev–Trinajstić information content (AvgIpc) is 2.29. The van der Waals surface area contributed by atoms with Crippen LogP contribution in [0.3, 0.4) is 0 Å². The predicted molar refractivity (Wildman–Crippen MR) is 58.9 cm³/mol. The van der Waals surface area contributed by atoms with Gasteiger partial charge in [-0.1, -0.05) is 6.92 Å². The highest BCUT2D eigenvalue weighted by atomic mass is 16.5. The van der Waals surface area contributed by atoms with E-state index in [0.29, 0.717) is 12.3 Å². The van der Waals surface area contributed by atoms with Gasteiger partial charge in [0.2, 0.25) is 0 Å². The Kier molecular flexibility index (Phi) is 5.07. The van der Waals surface area contributed by atoms with Gasteiger partial charge in [-0.2, -0.15) is 0 Å². The molecular weight excluding hydrogens is 192 g/mol. The van der Waals surface area contributed by atoms with E-state index in [2.05, 4.69) is 17.2 Å². The number of ether oxygens (including phenoxy) is 1. The molecule has 1 aromatic heterocycles. The molecule has 0 bridgehead atoms. The fourth-order valence-electron chi connectivity index (χ4n) is 1.26. The number of nitrogens with zero attached hydrogens (tertiary/aromatic N) is 1. The first-order valence-corrected chi connectivity index (χ1v) is 5.15. The molecule has 0 spiro atoms. The first kappa shape index (κ1) is 11.9. The molecule has 0 saturated heterocycles. The number of hydrogen-bond donors (Lipinski definition) is 2. The average molecular weight is 210 g/mol. The Bertz CT molecular complexity index is 292. The normalized spacial score (nSPS) is 12.5. The summed E-state index contributed by atoms with van der Waals surface area (Å²) in [6.07, 6.45) is 3.80. The third kappa shape index (κ3) is 3.85. The molecule has 0 saturated carbocycles. The lowest BCUT2D eigenvalue weighted by atomic mass is 10.1. The van der Waals surface area contributed by atoms with Crippen LogP contribution in [0.2, 0.25) is 0 Å². The molecule has 1 atom stereocenters. The SMILES string of the molecule is CCCNCC(O)c1cncc(OC)c1. The van der Waals surface area contributed by atoms with Gasteiger partial charge in [0.1, 0.15) is 5.75 Å². The van der Waals surface area contributed by atoms with Crippen LogP contribution < -0.4 is 10.1 Å². The monoisotopic (exact) mass is 210 g/mol. The molecule has 0 aliphatic carbocycles. The molecule has 0 aromatic carbocycles. The number of aromatic nitrogens is 1. The van der Waals surface area contributed by atoms with E-state index < -0.39 is 6.10 Å². The Hall–Kier alpha value is -1.13. The standard InChI is InChI=1S/C11H18N2O2/c1-3-4-12-8-11(14)9-5-10(15-2)7-13-6-9/h5-7,11-12,14H,3-4,8H2,1-2H3. The van der Waals surface area contributed by atoms with E-state index in [4.69, 9.17) is 4.74 Å². The van der Waals surface area contributed by atoms with E-state index in [-0.39, 0.29) is 0 Å². The van der Waals surface area contributed by atoms with E-state index in [1.54, 1.807) is 25.6 Å². The Morgan fingerprint density at radius 2 is 2.33 bits per heavy atom. The number of rotatable bonds is 6. The summed E-state index contributed by atoms with van der Waals surface area (Å²) >= 11 is 0. The predicted octanol–water partition coefficient (Wildman–Crippen LogP) is 1.12. The molecule has 84 valence electrons. The lowest BCUT2D eigenvalue weighted by Gasteiger charge is -2.12. The summed E-state index contributed by atoms with van der Waals surface area (Å²) in [5.74, 6) is 0.669. The largest absolute Gasteiger partial charge is 0.495 e. The number of aliphatic hydroxyl groups excluding tert-OH is 1. The third-order valence-electron chi connectivity index (χ3n) is 2.12. The minimum absolute atomic E-state index is 0.529. The fraction of sp³-hybridized carbons (Fsp3) is 0.545. The number of nitrogens with one attached hydrogen (secondary N) is 1. The first-order valence-electron chi connectivity index (χ1n) is 5.15. The van der Waals surface area contributed by atoms with Crippen LogP contribution in [-0.4, -0.2) is 30.3 Å². The molecule has 0 aliphatic heterocycles. The van der Waals surface area contributed by atoms with Crippen molar-refractivity contribution in [3.8, 4) is 5.75 Å². The summed E-state index contributed by atoms with van der Waals surface area (Å²) in [4.78, 5) is 3.99. The zero-order valence-electron chi connectivity index (χ0n) is 9.23. The van der Waals surface area contributed by atoms with Crippen molar-refractivity contribution in [3.63, 3.8) is 0 Å². The molecule has 0 aliphatic rings. The Morgan fingerprint density at radius 1 is 1.53 bits per heavy atom. The number of hydrogen-bond acceptors (Lipinski definition) is 4. The molecule has 1 heterocycles. The zero-order valence-corrected chi connectivity index (χ0v) is 9.23. The van der Waals surface area contributed by atoms with Crippen molar-refractivity contribution in [3.05, 3.63) is 24.0 Å². The van der Waals surface area contributed by atoms with Gasteiger partial charge in [0.15, 0.2) is 0 Å². The summed E-state index contributed by atoms with van der Waals surface area (Å²) in [5, 5.41) is 13.0. The van der Waals surface area contributed by atoms with Crippen LogP contribution in [0.1, 0.15) is 25.0 Å². The van der Waals surface area contributed by atoms with Crippen molar-refractivity contribution in [2.45, 2.75) is 19.4 Å². The fourth-order valence-corrected chi connectivity index (χ4v) is 1.26. The van der Waals surface area contributed by atoms with E-state index in [1.807, 2.05) is 0 Å². The van der Waals surface area contributed by atoms with Crippen LogP contribution >= 0.6 is 0 Å². The van der Waals surface area contributed by atoms with Gasteiger partial charge >= 0.3 is 0 Å². The van der Waals surface area contributed by atoms with Crippen LogP contribution in [0, 0.1) is 0 Å². The lowest BCUT2D eigenvalue weighted by molar-refractivity contribution is 0.174. The van der Waals surface area contributed by atoms with Gasteiger partial charge in [-0.15, -0.1) is 0 Å². The smallest absolute Gasteiger partial charge is 0.137 e. The molecule has 0 amide bonds. The van der Waals surface area contributed by atoms with E-state index in [1.165, 1.54) is 0 Å². The molecule has 4 heteroatoms. The maximum absolute atomic E-state index is 9.81. The van der Waals surface area contributed by atoms with E-state index in [9.17, 15) is 5.11 Å². The van der Waals surface area contributed by atoms with Gasteiger partial charge in [-0.05, 0) is 19.0 Å². The third-order valence-corrected chi connectivity index (χ3v) is 2.12. The molecule has 0 radical (unpaired) electrons. The van der Waals surface area contributed by atoms with Crippen LogP contribution in [0.15, 0.2) is 18.5 Å². The van der Waals surface area contributed by atoms with Crippen molar-refractivity contribution >= 4 is 0 Å². The highest BCUT2D eigenvalue weighted by Crippen LogP contribution is 2.16. The number of pyridine rings is 1. The second-order valence-electron chi connectivity index (χ2n) is 3.38. The minimum Gasteiger partial charge on any atom is -0.495 e. The summed E-state index contributed by atoms with van der Waals surface area (Å²) in [6, 6.07) is 1.80. The quantitative estimate of drug-likeness (QED) is 0.691. The highest BCUT2D eigenvalue weighted by molar-refractivity contribution is 5.25. The van der Waals surface area contributed by atoms with Crippen molar-refractivity contribution in [2.75, 3.05) is 20.2 Å². The Labute approximate surface area is 90.3 Å². The van der Waals surface area contributed by atoms with Gasteiger partial charge in [-0.25, -0.2) is 0 Å². The lowest BCUT2D eigenvalue weighted by Crippen LogP contribution is -2.22. The first-order chi connectivity index (χ1) is 7.27. The maximum atomic E-state index is 9.81. The van der Waals surface area contributed by atoms with Crippen molar-refractivity contribution in [1.29, 1.82) is 0 Å². The summed E-state index contributed by atoms with van der Waals surface area (Å²) < 4.78 is 5.04. The van der Waals surface area contributed by atoms with Crippen LogP contribution in [0.5, 0.6) is 5.75 Å². The van der Waals surface area contributed by atoms with E-state index >= 15 is 0 Å². The van der Waals surface area contributed by atoms with Gasteiger partial charge in [-0.3, -0.25) is 4.98 Å². The van der Waals surface area contributed by atoms with Gasteiger partial charge in [0.05, 0.1) is 19.4 Å². The molecule has 1 unspecified atom stereocenters. The molecular formula is C11H18N2O2. The van der Waals surface area contributed by atoms with Crippen molar-refractivity contribution in [2.24, 2.45) is 0 Å². The van der Waals surface area contributed by atoms with Gasteiger partial charge < -0.3 is 15.2 Å². The molecule has 4 nitrogen and oxygen atoms in total. The summed E-state index contributed by atoms with van der Waals surface area (Å²) in [6.45, 7) is 3.55. The van der Waals surface area contributed by atoms with E-state index in [0.717, 1.165) is 18.5 Å². The minimum atomic E-state index is -0.529.